The minimum absolute atomic E-state index is 0.121. The van der Waals surface area contributed by atoms with Crippen LogP contribution in [0.2, 0.25) is 0 Å². The summed E-state index contributed by atoms with van der Waals surface area (Å²) in [4.78, 5) is 26.4. The summed E-state index contributed by atoms with van der Waals surface area (Å²) in [5.74, 6) is -0.135. The van der Waals surface area contributed by atoms with Gasteiger partial charge >= 0.3 is 6.03 Å². The van der Waals surface area contributed by atoms with Crippen molar-refractivity contribution in [2.45, 2.75) is 32.4 Å². The summed E-state index contributed by atoms with van der Waals surface area (Å²) >= 11 is 1.66. The molecule has 3 N–H and O–H groups in total. The normalized spacial score (nSPS) is 16.3. The summed E-state index contributed by atoms with van der Waals surface area (Å²) in [6.45, 7) is 3.83. The van der Waals surface area contributed by atoms with Crippen LogP contribution in [0.3, 0.4) is 0 Å². The number of thiophene rings is 1. The van der Waals surface area contributed by atoms with Gasteiger partial charge in [-0.05, 0) is 56.2 Å². The third kappa shape index (κ3) is 5.31. The summed E-state index contributed by atoms with van der Waals surface area (Å²) in [6.07, 6.45) is 2.16. The summed E-state index contributed by atoms with van der Waals surface area (Å²) in [5.41, 5.74) is 1.20. The van der Waals surface area contributed by atoms with E-state index < -0.39 is 0 Å². The lowest BCUT2D eigenvalue weighted by Gasteiger charge is -2.11. The first kappa shape index (κ1) is 18.4. The van der Waals surface area contributed by atoms with Crippen LogP contribution in [0, 0.1) is 6.92 Å². The van der Waals surface area contributed by atoms with Gasteiger partial charge in [0.2, 0.25) is 0 Å². The highest BCUT2D eigenvalue weighted by Gasteiger charge is 2.16. The molecule has 26 heavy (non-hydrogen) atoms. The van der Waals surface area contributed by atoms with Crippen molar-refractivity contribution in [2.24, 2.45) is 0 Å². The molecule has 6 nitrogen and oxygen atoms in total. The predicted molar refractivity (Wildman–Crippen MR) is 103 cm³/mol. The van der Waals surface area contributed by atoms with E-state index in [4.69, 9.17) is 4.74 Å². The molecule has 0 saturated carbocycles. The van der Waals surface area contributed by atoms with Gasteiger partial charge in [0.1, 0.15) is 0 Å². The second-order valence-electron chi connectivity index (χ2n) is 6.24. The molecule has 7 heteroatoms. The highest BCUT2D eigenvalue weighted by Crippen LogP contribution is 2.15. The first-order chi connectivity index (χ1) is 12.6. The van der Waals surface area contributed by atoms with Crippen molar-refractivity contribution in [3.63, 3.8) is 0 Å². The fourth-order valence-electron chi connectivity index (χ4n) is 2.74. The number of rotatable bonds is 6. The van der Waals surface area contributed by atoms with Gasteiger partial charge in [-0.1, -0.05) is 0 Å². The van der Waals surface area contributed by atoms with E-state index in [2.05, 4.69) is 16.0 Å². The van der Waals surface area contributed by atoms with Gasteiger partial charge in [0, 0.05) is 34.2 Å². The van der Waals surface area contributed by atoms with Crippen molar-refractivity contribution in [2.75, 3.05) is 18.5 Å². The first-order valence-electron chi connectivity index (χ1n) is 8.70. The maximum Gasteiger partial charge on any atom is 0.319 e. The Kier molecular flexibility index (Phi) is 6.25. The number of nitrogens with one attached hydrogen (secondary N) is 3. The Morgan fingerprint density at radius 2 is 1.96 bits per heavy atom. The van der Waals surface area contributed by atoms with E-state index in [0.29, 0.717) is 24.3 Å². The molecule has 0 unspecified atom stereocenters. The minimum Gasteiger partial charge on any atom is -0.376 e. The average molecular weight is 373 g/mol. The van der Waals surface area contributed by atoms with Crippen LogP contribution in [0.5, 0.6) is 0 Å². The van der Waals surface area contributed by atoms with Crippen molar-refractivity contribution >= 4 is 29.0 Å². The fourth-order valence-corrected chi connectivity index (χ4v) is 3.57. The van der Waals surface area contributed by atoms with Crippen LogP contribution >= 0.6 is 11.3 Å². The quantitative estimate of drug-likeness (QED) is 0.727. The molecule has 1 aromatic carbocycles. The first-order valence-corrected chi connectivity index (χ1v) is 9.52. The number of aryl methyl sites for hydroxylation is 1. The van der Waals surface area contributed by atoms with Gasteiger partial charge in [-0.3, -0.25) is 4.79 Å². The summed E-state index contributed by atoms with van der Waals surface area (Å²) in [6, 6.07) is 10.6. The van der Waals surface area contributed by atoms with E-state index in [0.717, 1.165) is 24.3 Å². The average Bonchev–Trinajstić information content (AvgIpc) is 3.30. The molecule has 138 valence electrons. The topological polar surface area (TPSA) is 79.5 Å². The number of carbonyl (C=O) groups is 2. The molecule has 0 aliphatic carbocycles. The van der Waals surface area contributed by atoms with Crippen LogP contribution in [-0.4, -0.2) is 31.2 Å². The number of carbonyl (C=O) groups excluding carboxylic acids is 2. The number of hydrogen-bond acceptors (Lipinski definition) is 4. The molecule has 0 spiro atoms. The maximum atomic E-state index is 12.1. The molecule has 1 aliphatic heterocycles. The Hall–Kier alpha value is -2.38. The molecule has 2 heterocycles. The van der Waals surface area contributed by atoms with Gasteiger partial charge in [-0.2, -0.15) is 0 Å². The Balaban J connectivity index is 1.44. The highest BCUT2D eigenvalue weighted by atomic mass is 32.1. The number of hydrogen-bond donors (Lipinski definition) is 3. The molecule has 1 saturated heterocycles. The van der Waals surface area contributed by atoms with Crippen LogP contribution < -0.4 is 16.0 Å². The smallest absolute Gasteiger partial charge is 0.319 e. The number of amides is 3. The van der Waals surface area contributed by atoms with Gasteiger partial charge in [0.25, 0.3) is 5.91 Å². The van der Waals surface area contributed by atoms with Crippen molar-refractivity contribution in [1.29, 1.82) is 0 Å². The number of ether oxygens (including phenoxy) is 1. The molecule has 3 amide bonds. The molecule has 2 aromatic rings. The Morgan fingerprint density at radius 3 is 2.62 bits per heavy atom. The van der Waals surface area contributed by atoms with E-state index in [1.807, 2.05) is 19.1 Å². The zero-order chi connectivity index (χ0) is 18.4. The SMILES string of the molecule is Cc1ccc(CNC(=O)Nc2ccc(C(=O)NC[C@H]3CCCO3)cc2)s1. The minimum atomic E-state index is -0.272. The number of urea groups is 1. The van der Waals surface area contributed by atoms with Crippen LogP contribution in [0.25, 0.3) is 0 Å². The lowest BCUT2D eigenvalue weighted by atomic mass is 10.2. The molecular weight excluding hydrogens is 350 g/mol. The third-order valence-corrected chi connectivity index (χ3v) is 5.14. The third-order valence-electron chi connectivity index (χ3n) is 4.14. The number of anilines is 1. The Labute approximate surface area is 156 Å². The summed E-state index contributed by atoms with van der Waals surface area (Å²) in [5, 5.41) is 8.46. The molecule has 1 aliphatic rings. The van der Waals surface area contributed by atoms with Crippen molar-refractivity contribution in [3.8, 4) is 0 Å². The highest BCUT2D eigenvalue weighted by molar-refractivity contribution is 7.11. The molecule has 1 fully saturated rings. The van der Waals surface area contributed by atoms with E-state index in [1.54, 1.807) is 35.6 Å². The van der Waals surface area contributed by atoms with Gasteiger partial charge in [0.15, 0.2) is 0 Å². The molecule has 1 atom stereocenters. The second-order valence-corrected chi connectivity index (χ2v) is 7.61. The van der Waals surface area contributed by atoms with Crippen LogP contribution in [-0.2, 0) is 11.3 Å². The van der Waals surface area contributed by atoms with Crippen LogP contribution in [0.4, 0.5) is 10.5 Å². The van der Waals surface area contributed by atoms with E-state index in [9.17, 15) is 9.59 Å². The lowest BCUT2D eigenvalue weighted by molar-refractivity contribution is 0.0858. The number of benzene rings is 1. The standard InChI is InChI=1S/C19H23N3O3S/c1-13-4-9-17(26-13)12-21-19(24)22-15-7-5-14(6-8-15)18(23)20-11-16-3-2-10-25-16/h4-9,16H,2-3,10-12H2,1H3,(H,20,23)(H2,21,22,24)/t16-/m1/s1. The maximum absolute atomic E-state index is 12.1. The molecule has 3 rings (SSSR count). The monoisotopic (exact) mass is 373 g/mol. The van der Waals surface area contributed by atoms with Gasteiger partial charge in [0.05, 0.1) is 12.6 Å². The predicted octanol–water partition coefficient (Wildman–Crippen LogP) is 3.29. The fraction of sp³-hybridized carbons (Fsp3) is 0.368. The Morgan fingerprint density at radius 1 is 1.15 bits per heavy atom. The lowest BCUT2D eigenvalue weighted by Crippen LogP contribution is -2.31. The Bertz CT molecular complexity index is 752. The zero-order valence-corrected chi connectivity index (χ0v) is 15.5. The molecule has 0 bridgehead atoms. The van der Waals surface area contributed by atoms with E-state index in [1.165, 1.54) is 4.88 Å². The van der Waals surface area contributed by atoms with Gasteiger partial charge in [-0.25, -0.2) is 4.79 Å². The molecule has 1 aromatic heterocycles. The van der Waals surface area contributed by atoms with Crippen molar-refractivity contribution in [3.05, 3.63) is 51.7 Å². The molecule has 0 radical (unpaired) electrons. The van der Waals surface area contributed by atoms with Crippen LogP contribution in [0.1, 0.15) is 33.0 Å². The summed E-state index contributed by atoms with van der Waals surface area (Å²) in [7, 11) is 0. The van der Waals surface area contributed by atoms with Crippen LogP contribution in [0.15, 0.2) is 36.4 Å². The largest absolute Gasteiger partial charge is 0.376 e. The molecular formula is C19H23N3O3S. The van der Waals surface area contributed by atoms with Crippen molar-refractivity contribution < 1.29 is 14.3 Å². The zero-order valence-electron chi connectivity index (χ0n) is 14.7. The summed E-state index contributed by atoms with van der Waals surface area (Å²) < 4.78 is 5.49. The van der Waals surface area contributed by atoms with Gasteiger partial charge < -0.3 is 20.7 Å². The van der Waals surface area contributed by atoms with Gasteiger partial charge in [-0.15, -0.1) is 11.3 Å². The van der Waals surface area contributed by atoms with E-state index in [-0.39, 0.29) is 18.0 Å². The second kappa shape index (κ2) is 8.82. The van der Waals surface area contributed by atoms with E-state index >= 15 is 0 Å². The van der Waals surface area contributed by atoms with Crippen molar-refractivity contribution in [1.82, 2.24) is 10.6 Å².